The van der Waals surface area contributed by atoms with Crippen LogP contribution < -0.4 is 10.6 Å². The van der Waals surface area contributed by atoms with Gasteiger partial charge in [-0.2, -0.15) is 4.98 Å². The first-order valence-corrected chi connectivity index (χ1v) is 9.77. The Kier molecular flexibility index (Phi) is 5.39. The number of pyridine rings is 1. The smallest absolute Gasteiger partial charge is 0.297 e. The van der Waals surface area contributed by atoms with Crippen LogP contribution in [-0.2, 0) is 0 Å². The molecule has 0 radical (unpaired) electrons. The third-order valence-corrected chi connectivity index (χ3v) is 5.25. The molecule has 1 fully saturated rings. The average Bonchev–Trinajstić information content (AvgIpc) is 3.03. The van der Waals surface area contributed by atoms with Gasteiger partial charge < -0.3 is 25.3 Å². The van der Waals surface area contributed by atoms with Gasteiger partial charge in [0, 0.05) is 23.7 Å². The van der Waals surface area contributed by atoms with Gasteiger partial charge in [-0.05, 0) is 62.1 Å². The molecule has 2 atom stereocenters. The summed E-state index contributed by atoms with van der Waals surface area (Å²) < 4.78 is 5.72. The predicted octanol–water partition coefficient (Wildman–Crippen LogP) is 3.33. The van der Waals surface area contributed by atoms with Crippen LogP contribution in [0.15, 0.2) is 28.7 Å². The molecule has 2 aromatic heterocycles. The van der Waals surface area contributed by atoms with Crippen LogP contribution in [0.1, 0.15) is 18.4 Å². The van der Waals surface area contributed by atoms with Crippen molar-refractivity contribution in [3.05, 3.63) is 34.9 Å². The fourth-order valence-electron chi connectivity index (χ4n) is 3.70. The Bertz CT molecular complexity index is 968. The van der Waals surface area contributed by atoms with E-state index in [1.165, 1.54) is 6.07 Å². The molecule has 0 bridgehead atoms. The Morgan fingerprint density at radius 3 is 2.93 bits per heavy atom. The van der Waals surface area contributed by atoms with Crippen molar-refractivity contribution in [3.63, 3.8) is 0 Å². The second-order valence-corrected chi connectivity index (χ2v) is 7.72. The maximum atomic E-state index is 10.3. The molecule has 3 aromatic rings. The van der Waals surface area contributed by atoms with Gasteiger partial charge in [-0.1, -0.05) is 11.6 Å². The number of nitrogens with one attached hydrogen (secondary N) is 2. The van der Waals surface area contributed by atoms with Crippen molar-refractivity contribution in [2.75, 3.05) is 25.0 Å². The van der Waals surface area contributed by atoms with Gasteiger partial charge in [0.2, 0.25) is 5.65 Å². The van der Waals surface area contributed by atoms with Crippen LogP contribution in [0, 0.1) is 12.8 Å². The number of aliphatic hydroxyl groups excluding tert-OH is 1. The van der Waals surface area contributed by atoms with E-state index < -0.39 is 0 Å². The minimum Gasteiger partial charge on any atom is -0.507 e. The Balaban J connectivity index is 1.48. The number of aromatic hydroxyl groups is 1. The number of nitrogens with zero attached hydrogens (tertiary/aromatic N) is 2. The van der Waals surface area contributed by atoms with Crippen molar-refractivity contribution < 1.29 is 14.6 Å². The van der Waals surface area contributed by atoms with E-state index in [4.69, 9.17) is 16.0 Å². The summed E-state index contributed by atoms with van der Waals surface area (Å²) in [7, 11) is 0. The van der Waals surface area contributed by atoms with Gasteiger partial charge in [0.15, 0.2) is 5.58 Å². The average molecular weight is 403 g/mol. The zero-order valence-corrected chi connectivity index (χ0v) is 16.3. The molecule has 1 aliphatic rings. The Hall–Kier alpha value is -2.35. The standard InChI is InChI=1S/C20H23ClN4O3/c1-11-6-13(21)8-16(27)18(11)15-2-3-17-19(24-15)25-20(28-17)23-5-4-12-7-14(26)10-22-9-12/h2-3,6,8,12,14,22,26-27H,4-5,7,9-10H2,1H3,(H,23,24,25)/t12-,14-/m1/s1. The van der Waals surface area contributed by atoms with Crippen LogP contribution in [0.25, 0.3) is 22.5 Å². The molecular weight excluding hydrogens is 380 g/mol. The number of anilines is 1. The number of fused-ring (bicyclic) bond motifs is 1. The highest BCUT2D eigenvalue weighted by atomic mass is 35.5. The van der Waals surface area contributed by atoms with E-state index in [2.05, 4.69) is 20.6 Å². The largest absolute Gasteiger partial charge is 0.507 e. The number of aromatic nitrogens is 2. The van der Waals surface area contributed by atoms with E-state index >= 15 is 0 Å². The molecule has 4 N–H and O–H groups in total. The van der Waals surface area contributed by atoms with Gasteiger partial charge in [-0.15, -0.1) is 0 Å². The maximum absolute atomic E-state index is 10.3. The Morgan fingerprint density at radius 1 is 1.29 bits per heavy atom. The number of oxazole rings is 1. The van der Waals surface area contributed by atoms with Crippen LogP contribution in [0.3, 0.4) is 0 Å². The molecule has 7 nitrogen and oxygen atoms in total. The lowest BCUT2D eigenvalue weighted by Gasteiger charge is -2.26. The molecule has 0 unspecified atom stereocenters. The van der Waals surface area contributed by atoms with Crippen molar-refractivity contribution in [1.29, 1.82) is 0 Å². The van der Waals surface area contributed by atoms with E-state index in [0.29, 0.717) is 52.5 Å². The molecule has 4 rings (SSSR count). The normalized spacial score (nSPS) is 19.8. The molecule has 0 spiro atoms. The molecule has 1 saturated heterocycles. The lowest BCUT2D eigenvalue weighted by molar-refractivity contribution is 0.112. The Labute approximate surface area is 167 Å². The van der Waals surface area contributed by atoms with Crippen LogP contribution >= 0.6 is 11.6 Å². The number of halogens is 1. The summed E-state index contributed by atoms with van der Waals surface area (Å²) >= 11 is 5.99. The van der Waals surface area contributed by atoms with E-state index in [9.17, 15) is 10.2 Å². The van der Waals surface area contributed by atoms with E-state index in [1.807, 2.05) is 6.92 Å². The van der Waals surface area contributed by atoms with Crippen molar-refractivity contribution in [3.8, 4) is 17.0 Å². The van der Waals surface area contributed by atoms with Gasteiger partial charge in [-0.25, -0.2) is 4.98 Å². The number of hydrogen-bond donors (Lipinski definition) is 4. The summed E-state index contributed by atoms with van der Waals surface area (Å²) in [5.41, 5.74) is 3.13. The minimum atomic E-state index is -0.265. The first-order valence-electron chi connectivity index (χ1n) is 9.39. The van der Waals surface area contributed by atoms with Crippen molar-refractivity contribution >= 4 is 28.8 Å². The maximum Gasteiger partial charge on any atom is 0.297 e. The second kappa shape index (κ2) is 7.95. The quantitative estimate of drug-likeness (QED) is 0.519. The number of rotatable bonds is 5. The van der Waals surface area contributed by atoms with Crippen LogP contribution in [0.2, 0.25) is 5.02 Å². The minimum absolute atomic E-state index is 0.0852. The summed E-state index contributed by atoms with van der Waals surface area (Å²) in [4.78, 5) is 8.95. The third kappa shape index (κ3) is 4.06. The molecule has 0 aliphatic carbocycles. The summed E-state index contributed by atoms with van der Waals surface area (Å²) in [6.07, 6.45) is 1.47. The zero-order valence-electron chi connectivity index (χ0n) is 15.6. The lowest BCUT2D eigenvalue weighted by Crippen LogP contribution is -2.39. The summed E-state index contributed by atoms with van der Waals surface area (Å²) in [5.74, 6) is 0.517. The molecule has 8 heteroatoms. The number of benzene rings is 1. The number of phenols is 1. The number of aryl methyl sites for hydroxylation is 1. The molecule has 3 heterocycles. The van der Waals surface area contributed by atoms with E-state index in [1.54, 1.807) is 18.2 Å². The Morgan fingerprint density at radius 2 is 2.14 bits per heavy atom. The monoisotopic (exact) mass is 402 g/mol. The molecule has 0 amide bonds. The summed E-state index contributed by atoms with van der Waals surface area (Å²) in [6.45, 7) is 4.17. The van der Waals surface area contributed by atoms with E-state index in [0.717, 1.165) is 24.9 Å². The molecule has 0 saturated carbocycles. The van der Waals surface area contributed by atoms with Crippen LogP contribution in [-0.4, -0.2) is 45.9 Å². The highest BCUT2D eigenvalue weighted by Gasteiger charge is 2.19. The molecule has 1 aliphatic heterocycles. The van der Waals surface area contributed by atoms with Crippen molar-refractivity contribution in [2.45, 2.75) is 25.9 Å². The SMILES string of the molecule is Cc1cc(Cl)cc(O)c1-c1ccc2oc(NCC[C@H]3CNC[C@H](O)C3)nc2n1. The van der Waals surface area contributed by atoms with Gasteiger partial charge >= 0.3 is 0 Å². The van der Waals surface area contributed by atoms with Crippen LogP contribution in [0.5, 0.6) is 5.75 Å². The first kappa shape index (κ1) is 19.0. The molecule has 28 heavy (non-hydrogen) atoms. The lowest BCUT2D eigenvalue weighted by atomic mass is 9.94. The van der Waals surface area contributed by atoms with Crippen molar-refractivity contribution in [2.24, 2.45) is 5.92 Å². The topological polar surface area (TPSA) is 103 Å². The molecule has 148 valence electrons. The number of piperidine rings is 1. The van der Waals surface area contributed by atoms with Gasteiger partial charge in [0.1, 0.15) is 5.75 Å². The van der Waals surface area contributed by atoms with Gasteiger partial charge in [-0.3, -0.25) is 0 Å². The highest BCUT2D eigenvalue weighted by Crippen LogP contribution is 2.35. The molecule has 1 aromatic carbocycles. The third-order valence-electron chi connectivity index (χ3n) is 5.04. The zero-order chi connectivity index (χ0) is 19.7. The van der Waals surface area contributed by atoms with Crippen molar-refractivity contribution in [1.82, 2.24) is 15.3 Å². The fraction of sp³-hybridized carbons (Fsp3) is 0.400. The number of aliphatic hydroxyl groups is 1. The second-order valence-electron chi connectivity index (χ2n) is 7.28. The van der Waals surface area contributed by atoms with Gasteiger partial charge in [0.25, 0.3) is 6.01 Å². The van der Waals surface area contributed by atoms with Crippen LogP contribution in [0.4, 0.5) is 6.01 Å². The van der Waals surface area contributed by atoms with Gasteiger partial charge in [0.05, 0.1) is 11.8 Å². The number of β-amino-alcohol motifs (C(OH)–C–C–N with tert-alkyl or cyclic N) is 1. The van der Waals surface area contributed by atoms with E-state index in [-0.39, 0.29) is 11.9 Å². The number of phenolic OH excluding ortho intramolecular Hbond substituents is 1. The molecular formula is C20H23ClN4O3. The number of hydrogen-bond acceptors (Lipinski definition) is 7. The fourth-order valence-corrected chi connectivity index (χ4v) is 3.97. The predicted molar refractivity (Wildman–Crippen MR) is 109 cm³/mol. The summed E-state index contributed by atoms with van der Waals surface area (Å²) in [5, 5.41) is 26.9. The summed E-state index contributed by atoms with van der Waals surface area (Å²) in [6, 6.07) is 7.30. The highest BCUT2D eigenvalue weighted by molar-refractivity contribution is 6.31. The first-order chi connectivity index (χ1) is 13.5.